The van der Waals surface area contributed by atoms with Crippen LogP contribution in [0.2, 0.25) is 0 Å². The van der Waals surface area contributed by atoms with Gasteiger partial charge in [0.15, 0.2) is 0 Å². The first-order chi connectivity index (χ1) is 8.58. The van der Waals surface area contributed by atoms with Crippen molar-refractivity contribution in [1.82, 2.24) is 0 Å². The number of hydrogen-bond donors (Lipinski definition) is 2. The van der Waals surface area contributed by atoms with E-state index in [1.54, 1.807) is 17.4 Å². The summed E-state index contributed by atoms with van der Waals surface area (Å²) in [5, 5.41) is 13.8. The summed E-state index contributed by atoms with van der Waals surface area (Å²) in [6, 6.07) is 6.05. The Bertz CT molecular complexity index is 580. The van der Waals surface area contributed by atoms with E-state index < -0.39 is 11.8 Å². The standard InChI is InChI=1S/C13H12FNO2S/c1-8-4-5-18-12(8)7-15-9-2-3-10(13(16)17)11(14)6-9/h2-6,15H,7H2,1H3,(H,16,17). The van der Waals surface area contributed by atoms with Gasteiger partial charge in [-0.1, -0.05) is 0 Å². The third-order valence-corrected chi connectivity index (χ3v) is 3.64. The molecule has 0 aliphatic carbocycles. The summed E-state index contributed by atoms with van der Waals surface area (Å²) in [4.78, 5) is 11.8. The second-order valence-electron chi connectivity index (χ2n) is 3.88. The Morgan fingerprint density at radius 1 is 1.44 bits per heavy atom. The van der Waals surface area contributed by atoms with Crippen LogP contribution >= 0.6 is 11.3 Å². The van der Waals surface area contributed by atoms with Gasteiger partial charge in [0.1, 0.15) is 5.82 Å². The van der Waals surface area contributed by atoms with E-state index in [2.05, 4.69) is 5.32 Å². The van der Waals surface area contributed by atoms with Gasteiger partial charge in [-0.3, -0.25) is 0 Å². The molecule has 3 nitrogen and oxygen atoms in total. The van der Waals surface area contributed by atoms with Gasteiger partial charge in [-0.15, -0.1) is 11.3 Å². The third-order valence-electron chi connectivity index (χ3n) is 2.62. The molecule has 2 N–H and O–H groups in total. The number of carboxylic acid groups (broad SMARTS) is 1. The minimum atomic E-state index is -1.26. The summed E-state index contributed by atoms with van der Waals surface area (Å²) in [5.41, 5.74) is 1.45. The van der Waals surface area contributed by atoms with Gasteiger partial charge in [0.2, 0.25) is 0 Å². The van der Waals surface area contributed by atoms with Crippen LogP contribution in [-0.2, 0) is 6.54 Å². The molecule has 2 rings (SSSR count). The molecule has 0 bridgehead atoms. The summed E-state index contributed by atoms with van der Waals surface area (Å²) in [5.74, 6) is -1.98. The zero-order valence-corrected chi connectivity index (χ0v) is 10.6. The van der Waals surface area contributed by atoms with Crippen LogP contribution in [0.15, 0.2) is 29.6 Å². The van der Waals surface area contributed by atoms with Crippen LogP contribution < -0.4 is 5.32 Å². The normalized spacial score (nSPS) is 10.3. The van der Waals surface area contributed by atoms with Crippen molar-refractivity contribution in [2.75, 3.05) is 5.32 Å². The number of nitrogens with one attached hydrogen (secondary N) is 1. The van der Waals surface area contributed by atoms with Crippen LogP contribution in [0.5, 0.6) is 0 Å². The number of rotatable bonds is 4. The largest absolute Gasteiger partial charge is 0.478 e. The van der Waals surface area contributed by atoms with Crippen molar-refractivity contribution < 1.29 is 14.3 Å². The highest BCUT2D eigenvalue weighted by molar-refractivity contribution is 7.10. The van der Waals surface area contributed by atoms with Crippen LogP contribution in [0.3, 0.4) is 0 Å². The van der Waals surface area contributed by atoms with Crippen molar-refractivity contribution in [3.05, 3.63) is 51.5 Å². The minimum Gasteiger partial charge on any atom is -0.478 e. The van der Waals surface area contributed by atoms with Gasteiger partial charge in [0.05, 0.1) is 5.56 Å². The molecule has 0 atom stereocenters. The van der Waals surface area contributed by atoms with E-state index in [0.29, 0.717) is 12.2 Å². The lowest BCUT2D eigenvalue weighted by Gasteiger charge is -2.07. The van der Waals surface area contributed by atoms with Crippen LogP contribution in [0.25, 0.3) is 0 Å². The molecule has 94 valence electrons. The van der Waals surface area contributed by atoms with E-state index >= 15 is 0 Å². The SMILES string of the molecule is Cc1ccsc1CNc1ccc(C(=O)O)c(F)c1. The molecule has 0 aliphatic heterocycles. The number of thiophene rings is 1. The van der Waals surface area contributed by atoms with E-state index in [0.717, 1.165) is 0 Å². The minimum absolute atomic E-state index is 0.312. The predicted molar refractivity (Wildman–Crippen MR) is 69.7 cm³/mol. The van der Waals surface area contributed by atoms with Gasteiger partial charge >= 0.3 is 5.97 Å². The number of carboxylic acids is 1. The molecular formula is C13H12FNO2S. The topological polar surface area (TPSA) is 49.3 Å². The molecule has 2 aromatic rings. The van der Waals surface area contributed by atoms with Crippen molar-refractivity contribution in [3.8, 4) is 0 Å². The number of hydrogen-bond acceptors (Lipinski definition) is 3. The molecule has 1 aromatic carbocycles. The molecule has 1 heterocycles. The molecule has 0 saturated heterocycles. The monoisotopic (exact) mass is 265 g/mol. The Morgan fingerprint density at radius 3 is 2.78 bits per heavy atom. The van der Waals surface area contributed by atoms with Crippen molar-refractivity contribution >= 4 is 23.0 Å². The fourth-order valence-electron chi connectivity index (χ4n) is 1.57. The Hall–Kier alpha value is -1.88. The number of aromatic carboxylic acids is 1. The van der Waals surface area contributed by atoms with E-state index in [1.165, 1.54) is 22.6 Å². The molecule has 0 spiro atoms. The van der Waals surface area contributed by atoms with Gasteiger partial charge in [0, 0.05) is 17.1 Å². The summed E-state index contributed by atoms with van der Waals surface area (Å²) in [7, 11) is 0. The van der Waals surface area contributed by atoms with Gasteiger partial charge < -0.3 is 10.4 Å². The smallest absolute Gasteiger partial charge is 0.338 e. The Morgan fingerprint density at radius 2 is 2.22 bits per heavy atom. The maximum Gasteiger partial charge on any atom is 0.338 e. The van der Waals surface area contributed by atoms with E-state index in [1.807, 2.05) is 18.4 Å². The van der Waals surface area contributed by atoms with Crippen molar-refractivity contribution in [2.24, 2.45) is 0 Å². The molecule has 18 heavy (non-hydrogen) atoms. The maximum absolute atomic E-state index is 13.4. The molecule has 0 radical (unpaired) electrons. The lowest BCUT2D eigenvalue weighted by molar-refractivity contribution is 0.0692. The lowest BCUT2D eigenvalue weighted by atomic mass is 10.2. The molecule has 0 aliphatic rings. The van der Waals surface area contributed by atoms with E-state index in [9.17, 15) is 9.18 Å². The molecule has 5 heteroatoms. The first-order valence-corrected chi connectivity index (χ1v) is 6.25. The highest BCUT2D eigenvalue weighted by Gasteiger charge is 2.10. The van der Waals surface area contributed by atoms with Crippen molar-refractivity contribution in [3.63, 3.8) is 0 Å². The van der Waals surface area contributed by atoms with Crippen LogP contribution in [0.1, 0.15) is 20.8 Å². The predicted octanol–water partition coefficient (Wildman–Crippen LogP) is 3.51. The Kier molecular flexibility index (Phi) is 3.62. The fraction of sp³-hybridized carbons (Fsp3) is 0.154. The number of aryl methyl sites for hydroxylation is 1. The van der Waals surface area contributed by atoms with Gasteiger partial charge in [-0.05, 0) is 42.1 Å². The fourth-order valence-corrected chi connectivity index (χ4v) is 2.41. The molecule has 0 unspecified atom stereocenters. The maximum atomic E-state index is 13.4. The average Bonchev–Trinajstić information content (AvgIpc) is 2.72. The molecule has 0 saturated carbocycles. The molecular weight excluding hydrogens is 253 g/mol. The van der Waals surface area contributed by atoms with Gasteiger partial charge in [-0.2, -0.15) is 0 Å². The highest BCUT2D eigenvalue weighted by Crippen LogP contribution is 2.19. The molecule has 0 amide bonds. The van der Waals surface area contributed by atoms with Gasteiger partial charge in [0.25, 0.3) is 0 Å². The number of carbonyl (C=O) groups is 1. The molecule has 1 aromatic heterocycles. The second-order valence-corrected chi connectivity index (χ2v) is 4.88. The van der Waals surface area contributed by atoms with Crippen LogP contribution in [-0.4, -0.2) is 11.1 Å². The summed E-state index contributed by atoms with van der Waals surface area (Å²) >= 11 is 1.63. The van der Waals surface area contributed by atoms with Crippen LogP contribution in [0, 0.1) is 12.7 Å². The zero-order valence-electron chi connectivity index (χ0n) is 9.74. The number of benzene rings is 1. The van der Waals surface area contributed by atoms with Crippen molar-refractivity contribution in [1.29, 1.82) is 0 Å². The summed E-state index contributed by atoms with van der Waals surface area (Å²) in [6.07, 6.45) is 0. The average molecular weight is 265 g/mol. The first kappa shape index (κ1) is 12.6. The number of halogens is 1. The first-order valence-electron chi connectivity index (χ1n) is 5.37. The third kappa shape index (κ3) is 2.68. The Balaban J connectivity index is 2.09. The van der Waals surface area contributed by atoms with Crippen molar-refractivity contribution in [2.45, 2.75) is 13.5 Å². The summed E-state index contributed by atoms with van der Waals surface area (Å²) < 4.78 is 13.4. The Labute approximate surface area is 108 Å². The quantitative estimate of drug-likeness (QED) is 0.889. The van der Waals surface area contributed by atoms with Gasteiger partial charge in [-0.25, -0.2) is 9.18 Å². The molecule has 0 fully saturated rings. The second kappa shape index (κ2) is 5.18. The number of anilines is 1. The summed E-state index contributed by atoms with van der Waals surface area (Å²) in [6.45, 7) is 2.62. The van der Waals surface area contributed by atoms with E-state index in [4.69, 9.17) is 5.11 Å². The zero-order chi connectivity index (χ0) is 13.1. The van der Waals surface area contributed by atoms with E-state index in [-0.39, 0.29) is 5.56 Å². The highest BCUT2D eigenvalue weighted by atomic mass is 32.1. The van der Waals surface area contributed by atoms with Crippen LogP contribution in [0.4, 0.5) is 10.1 Å². The lowest BCUT2D eigenvalue weighted by Crippen LogP contribution is -2.03.